The van der Waals surface area contributed by atoms with E-state index in [-0.39, 0.29) is 5.41 Å². The molecular weight excluding hydrogens is 178 g/mol. The molecule has 0 saturated heterocycles. The molecule has 1 aliphatic carbocycles. The van der Waals surface area contributed by atoms with E-state index in [4.69, 9.17) is 11.6 Å². The number of hydrogen-bond acceptors (Lipinski definition) is 4. The third-order valence-electron chi connectivity index (χ3n) is 3.32. The van der Waals surface area contributed by atoms with Gasteiger partial charge in [0.05, 0.1) is 0 Å². The van der Waals surface area contributed by atoms with Gasteiger partial charge in [-0.15, -0.1) is 10.2 Å². The van der Waals surface area contributed by atoms with Gasteiger partial charge in [-0.25, -0.2) is 4.68 Å². The van der Waals surface area contributed by atoms with Gasteiger partial charge in [0.25, 0.3) is 0 Å². The van der Waals surface area contributed by atoms with Crippen molar-refractivity contribution in [3.8, 4) is 0 Å². The van der Waals surface area contributed by atoms with Crippen molar-refractivity contribution >= 4 is 5.95 Å². The maximum atomic E-state index is 5.77. The maximum Gasteiger partial charge on any atom is 0.240 e. The molecule has 1 heterocycles. The summed E-state index contributed by atoms with van der Waals surface area (Å²) in [6.07, 6.45) is 3.57. The van der Waals surface area contributed by atoms with E-state index in [1.807, 2.05) is 0 Å². The zero-order valence-corrected chi connectivity index (χ0v) is 8.70. The second-order valence-electron chi connectivity index (χ2n) is 4.72. The lowest BCUT2D eigenvalue weighted by Crippen LogP contribution is -2.23. The molecule has 1 saturated carbocycles. The minimum atomic E-state index is 0.261. The molecule has 2 rings (SSSR count). The quantitative estimate of drug-likeness (QED) is 0.651. The SMILES string of the molecule is CC1(C)CCCC1c1nnc(N)n1N. The smallest absolute Gasteiger partial charge is 0.240 e. The largest absolute Gasteiger partial charge is 0.366 e. The van der Waals surface area contributed by atoms with Gasteiger partial charge in [0.1, 0.15) is 0 Å². The van der Waals surface area contributed by atoms with Crippen LogP contribution >= 0.6 is 0 Å². The highest BCUT2D eigenvalue weighted by atomic mass is 15.4. The summed E-state index contributed by atoms with van der Waals surface area (Å²) in [4.78, 5) is 0. The Morgan fingerprint density at radius 3 is 2.57 bits per heavy atom. The molecule has 1 atom stereocenters. The zero-order chi connectivity index (χ0) is 10.3. The fourth-order valence-electron chi connectivity index (χ4n) is 2.36. The van der Waals surface area contributed by atoms with Crippen molar-refractivity contribution in [1.82, 2.24) is 14.9 Å². The zero-order valence-electron chi connectivity index (χ0n) is 8.70. The Kier molecular flexibility index (Phi) is 1.90. The molecule has 5 nitrogen and oxygen atoms in total. The molecule has 78 valence electrons. The number of rotatable bonds is 1. The van der Waals surface area contributed by atoms with Crippen molar-refractivity contribution in [3.63, 3.8) is 0 Å². The second kappa shape index (κ2) is 2.87. The molecule has 1 aromatic heterocycles. The minimum Gasteiger partial charge on any atom is -0.366 e. The van der Waals surface area contributed by atoms with Crippen LogP contribution in [-0.4, -0.2) is 14.9 Å². The van der Waals surface area contributed by atoms with E-state index in [2.05, 4.69) is 24.0 Å². The summed E-state index contributed by atoms with van der Waals surface area (Å²) in [5.41, 5.74) is 5.82. The predicted molar refractivity (Wildman–Crippen MR) is 55.0 cm³/mol. The Morgan fingerprint density at radius 2 is 2.14 bits per heavy atom. The van der Waals surface area contributed by atoms with Gasteiger partial charge >= 0.3 is 0 Å². The number of nitrogen functional groups attached to an aromatic ring is 2. The molecule has 14 heavy (non-hydrogen) atoms. The molecule has 0 radical (unpaired) electrons. The summed E-state index contributed by atoms with van der Waals surface area (Å²) in [6, 6.07) is 0. The molecule has 0 aliphatic heterocycles. The molecule has 4 N–H and O–H groups in total. The van der Waals surface area contributed by atoms with Crippen LogP contribution in [0, 0.1) is 5.41 Å². The summed E-state index contributed by atoms with van der Waals surface area (Å²) in [5, 5.41) is 7.85. The van der Waals surface area contributed by atoms with E-state index in [0.29, 0.717) is 11.9 Å². The summed E-state index contributed by atoms with van der Waals surface area (Å²) in [5.74, 6) is 7.27. The van der Waals surface area contributed by atoms with E-state index in [9.17, 15) is 0 Å². The molecule has 0 bridgehead atoms. The van der Waals surface area contributed by atoms with Crippen molar-refractivity contribution in [3.05, 3.63) is 5.82 Å². The van der Waals surface area contributed by atoms with Crippen molar-refractivity contribution in [2.45, 2.75) is 39.0 Å². The fraction of sp³-hybridized carbons (Fsp3) is 0.778. The highest BCUT2D eigenvalue weighted by Gasteiger charge is 2.38. The van der Waals surface area contributed by atoms with Gasteiger partial charge in [0.15, 0.2) is 5.82 Å². The van der Waals surface area contributed by atoms with E-state index in [1.54, 1.807) is 0 Å². The first kappa shape index (κ1) is 9.30. The molecule has 0 spiro atoms. The van der Waals surface area contributed by atoms with Crippen LogP contribution in [0.25, 0.3) is 0 Å². The van der Waals surface area contributed by atoms with Gasteiger partial charge in [0.2, 0.25) is 5.95 Å². The van der Waals surface area contributed by atoms with Gasteiger partial charge in [-0.1, -0.05) is 20.3 Å². The second-order valence-corrected chi connectivity index (χ2v) is 4.72. The molecule has 1 unspecified atom stereocenters. The van der Waals surface area contributed by atoms with Crippen molar-refractivity contribution in [1.29, 1.82) is 0 Å². The first-order valence-electron chi connectivity index (χ1n) is 4.98. The molecule has 1 fully saturated rings. The first-order valence-corrected chi connectivity index (χ1v) is 4.98. The van der Waals surface area contributed by atoms with Gasteiger partial charge < -0.3 is 11.6 Å². The number of hydrogen-bond donors (Lipinski definition) is 2. The average molecular weight is 195 g/mol. The number of anilines is 1. The summed E-state index contributed by atoms with van der Waals surface area (Å²) in [7, 11) is 0. The lowest BCUT2D eigenvalue weighted by atomic mass is 9.81. The highest BCUT2D eigenvalue weighted by Crippen LogP contribution is 2.47. The standard InChI is InChI=1S/C9H17N5/c1-9(2)5-3-4-6(9)7-12-13-8(10)14(7)11/h6H,3-5,11H2,1-2H3,(H2,10,13). The van der Waals surface area contributed by atoms with Crippen molar-refractivity contribution < 1.29 is 0 Å². The normalized spacial score (nSPS) is 25.4. The molecule has 1 aliphatic rings. The minimum absolute atomic E-state index is 0.261. The van der Waals surface area contributed by atoms with Crippen LogP contribution in [-0.2, 0) is 0 Å². The van der Waals surface area contributed by atoms with Crippen LogP contribution in [0.2, 0.25) is 0 Å². The molecule has 5 heteroatoms. The van der Waals surface area contributed by atoms with Gasteiger partial charge in [0, 0.05) is 5.92 Å². The van der Waals surface area contributed by atoms with Crippen LogP contribution in [0.15, 0.2) is 0 Å². The Balaban J connectivity index is 2.36. The highest BCUT2D eigenvalue weighted by molar-refractivity contribution is 5.20. The number of aromatic nitrogens is 3. The predicted octanol–water partition coefficient (Wildman–Crippen LogP) is 0.868. The molecule has 1 aromatic rings. The number of nitrogens with two attached hydrogens (primary N) is 2. The maximum absolute atomic E-state index is 5.77. The summed E-state index contributed by atoms with van der Waals surface area (Å²) >= 11 is 0. The van der Waals surface area contributed by atoms with Crippen LogP contribution in [0.4, 0.5) is 5.95 Å². The van der Waals surface area contributed by atoms with Crippen LogP contribution in [0.1, 0.15) is 44.9 Å². The lowest BCUT2D eigenvalue weighted by Gasteiger charge is -2.25. The Labute approximate surface area is 83.5 Å². The van der Waals surface area contributed by atoms with Crippen LogP contribution in [0.3, 0.4) is 0 Å². The summed E-state index contributed by atoms with van der Waals surface area (Å²) in [6.45, 7) is 4.49. The summed E-state index contributed by atoms with van der Waals surface area (Å²) < 4.78 is 1.41. The van der Waals surface area contributed by atoms with Crippen LogP contribution in [0.5, 0.6) is 0 Å². The van der Waals surface area contributed by atoms with E-state index in [0.717, 1.165) is 12.2 Å². The first-order chi connectivity index (χ1) is 6.52. The van der Waals surface area contributed by atoms with Gasteiger partial charge in [-0.2, -0.15) is 0 Å². The van der Waals surface area contributed by atoms with Crippen LogP contribution < -0.4 is 11.6 Å². The molecule has 0 aromatic carbocycles. The molecule has 0 amide bonds. The van der Waals surface area contributed by atoms with E-state index >= 15 is 0 Å². The third kappa shape index (κ3) is 1.23. The van der Waals surface area contributed by atoms with E-state index < -0.39 is 0 Å². The number of nitrogens with zero attached hydrogens (tertiary/aromatic N) is 3. The van der Waals surface area contributed by atoms with Gasteiger partial charge in [-0.05, 0) is 18.3 Å². The Hall–Kier alpha value is -1.26. The monoisotopic (exact) mass is 195 g/mol. The van der Waals surface area contributed by atoms with E-state index in [1.165, 1.54) is 17.5 Å². The Bertz CT molecular complexity index is 341. The third-order valence-corrected chi connectivity index (χ3v) is 3.32. The van der Waals surface area contributed by atoms with Gasteiger partial charge in [-0.3, -0.25) is 0 Å². The topological polar surface area (TPSA) is 82.8 Å². The average Bonchev–Trinajstić information content (AvgIpc) is 2.59. The molecular formula is C9H17N5. The lowest BCUT2D eigenvalue weighted by molar-refractivity contribution is 0.318. The van der Waals surface area contributed by atoms with Crippen molar-refractivity contribution in [2.24, 2.45) is 5.41 Å². The Morgan fingerprint density at radius 1 is 1.43 bits per heavy atom. The van der Waals surface area contributed by atoms with Crippen molar-refractivity contribution in [2.75, 3.05) is 11.6 Å². The fourth-order valence-corrected chi connectivity index (χ4v) is 2.36.